The molecule has 0 atom stereocenters. The molecular weight excluding hydrogens is 272 g/mol. The minimum Gasteiger partial charge on any atom is -0.475 e. The monoisotopic (exact) mass is 282 g/mol. The molecule has 0 amide bonds. The Hall–Kier alpha value is -1.20. The summed E-state index contributed by atoms with van der Waals surface area (Å²) < 4.78 is 11.2. The largest absolute Gasteiger partial charge is 0.475 e. The molecule has 84 valence electrons. The first-order valence-corrected chi connectivity index (χ1v) is 5.63. The predicted molar refractivity (Wildman–Crippen MR) is 64.6 cm³/mol. The quantitative estimate of drug-likeness (QED) is 0.808. The molecule has 0 radical (unpaired) electrons. The second-order valence-corrected chi connectivity index (χ2v) is 4.01. The van der Waals surface area contributed by atoms with Crippen molar-refractivity contribution in [3.63, 3.8) is 0 Å². The molecule has 5 heteroatoms. The lowest BCUT2D eigenvalue weighted by Crippen LogP contribution is -2.05. The molecule has 0 bridgehead atoms. The lowest BCUT2D eigenvalue weighted by Gasteiger charge is -2.05. The fraction of sp³-hybridized carbons (Fsp3) is 0.273. The first kappa shape index (κ1) is 11.3. The van der Waals surface area contributed by atoms with E-state index in [-0.39, 0.29) is 0 Å². The summed E-state index contributed by atoms with van der Waals surface area (Å²) in [7, 11) is 1.64. The normalized spacial score (nSPS) is 10.6. The molecule has 0 unspecified atom stereocenters. The summed E-state index contributed by atoms with van der Waals surface area (Å²) in [6.45, 7) is 1.04. The predicted octanol–water partition coefficient (Wildman–Crippen LogP) is 2.42. The molecule has 0 aliphatic heterocycles. The maximum absolute atomic E-state index is 5.42. The van der Waals surface area contributed by atoms with Gasteiger partial charge in [0.2, 0.25) is 5.88 Å². The molecule has 2 aromatic heterocycles. The van der Waals surface area contributed by atoms with Crippen molar-refractivity contribution in [2.75, 3.05) is 20.3 Å². The third kappa shape index (κ3) is 2.48. The van der Waals surface area contributed by atoms with Crippen LogP contribution in [0.2, 0.25) is 0 Å². The van der Waals surface area contributed by atoms with Crippen molar-refractivity contribution in [2.45, 2.75) is 0 Å². The first-order valence-electron chi connectivity index (χ1n) is 4.84. The van der Waals surface area contributed by atoms with E-state index in [0.717, 1.165) is 15.5 Å². The van der Waals surface area contributed by atoms with Crippen molar-refractivity contribution in [3.8, 4) is 5.88 Å². The maximum Gasteiger partial charge on any atom is 0.214 e. The number of fused-ring (bicyclic) bond motifs is 1. The van der Waals surface area contributed by atoms with Crippen molar-refractivity contribution in [1.82, 2.24) is 9.97 Å². The Morgan fingerprint density at radius 3 is 2.94 bits per heavy atom. The standard InChI is InChI=1S/C11H11BrN2O2/c1-15-6-7-16-10-3-2-9-11(14-10)8(12)4-5-13-9/h2-5H,6-7H2,1H3. The van der Waals surface area contributed by atoms with Crippen LogP contribution in [0.5, 0.6) is 5.88 Å². The van der Waals surface area contributed by atoms with Gasteiger partial charge in [0.05, 0.1) is 12.1 Å². The lowest BCUT2D eigenvalue weighted by molar-refractivity contribution is 0.144. The van der Waals surface area contributed by atoms with E-state index in [9.17, 15) is 0 Å². The summed E-state index contributed by atoms with van der Waals surface area (Å²) in [6, 6.07) is 5.54. The fourth-order valence-corrected chi connectivity index (χ4v) is 1.70. The Balaban J connectivity index is 2.25. The third-order valence-electron chi connectivity index (χ3n) is 2.05. The summed E-state index contributed by atoms with van der Waals surface area (Å²) in [6.07, 6.45) is 1.74. The van der Waals surface area contributed by atoms with Crippen LogP contribution in [0, 0.1) is 0 Å². The van der Waals surface area contributed by atoms with Crippen molar-refractivity contribution in [3.05, 3.63) is 28.9 Å². The summed E-state index contributed by atoms with van der Waals surface area (Å²) in [4.78, 5) is 8.57. The zero-order valence-electron chi connectivity index (χ0n) is 8.81. The van der Waals surface area contributed by atoms with E-state index in [1.165, 1.54) is 0 Å². The molecule has 0 aromatic carbocycles. The molecule has 0 fully saturated rings. The number of hydrogen-bond donors (Lipinski definition) is 0. The lowest BCUT2D eigenvalue weighted by atomic mass is 10.3. The summed E-state index contributed by atoms with van der Waals surface area (Å²) in [5.41, 5.74) is 1.64. The number of rotatable bonds is 4. The van der Waals surface area contributed by atoms with Crippen LogP contribution in [-0.2, 0) is 4.74 Å². The molecule has 0 saturated carbocycles. The summed E-state index contributed by atoms with van der Waals surface area (Å²) in [5, 5.41) is 0. The van der Waals surface area contributed by atoms with Gasteiger partial charge in [0.25, 0.3) is 0 Å². The van der Waals surface area contributed by atoms with Gasteiger partial charge >= 0.3 is 0 Å². The van der Waals surface area contributed by atoms with Crippen molar-refractivity contribution < 1.29 is 9.47 Å². The van der Waals surface area contributed by atoms with Gasteiger partial charge in [-0.2, -0.15) is 0 Å². The van der Waals surface area contributed by atoms with Crippen LogP contribution < -0.4 is 4.74 Å². The van der Waals surface area contributed by atoms with Gasteiger partial charge in [-0.25, -0.2) is 4.98 Å². The Kier molecular flexibility index (Phi) is 3.69. The van der Waals surface area contributed by atoms with Crippen LogP contribution in [0.25, 0.3) is 11.0 Å². The minimum atomic E-state index is 0.493. The van der Waals surface area contributed by atoms with Gasteiger partial charge in [-0.15, -0.1) is 0 Å². The highest BCUT2D eigenvalue weighted by molar-refractivity contribution is 9.10. The van der Waals surface area contributed by atoms with E-state index in [0.29, 0.717) is 19.1 Å². The van der Waals surface area contributed by atoms with Gasteiger partial charge in [0, 0.05) is 23.8 Å². The first-order chi connectivity index (χ1) is 7.81. The number of halogens is 1. The highest BCUT2D eigenvalue weighted by Gasteiger charge is 2.03. The highest BCUT2D eigenvalue weighted by atomic mass is 79.9. The molecule has 0 aliphatic rings. The maximum atomic E-state index is 5.42. The van der Waals surface area contributed by atoms with Crippen molar-refractivity contribution in [1.29, 1.82) is 0 Å². The van der Waals surface area contributed by atoms with E-state index < -0.39 is 0 Å². The van der Waals surface area contributed by atoms with E-state index >= 15 is 0 Å². The summed E-state index contributed by atoms with van der Waals surface area (Å²) >= 11 is 3.43. The van der Waals surface area contributed by atoms with Crippen molar-refractivity contribution in [2.24, 2.45) is 0 Å². The second-order valence-electron chi connectivity index (χ2n) is 3.15. The Morgan fingerprint density at radius 2 is 2.12 bits per heavy atom. The zero-order chi connectivity index (χ0) is 11.4. The molecule has 4 nitrogen and oxygen atoms in total. The molecule has 2 aromatic rings. The molecule has 0 N–H and O–H groups in total. The number of hydrogen-bond acceptors (Lipinski definition) is 4. The molecule has 2 rings (SSSR count). The summed E-state index contributed by atoms with van der Waals surface area (Å²) in [5.74, 6) is 0.582. The number of nitrogens with zero attached hydrogens (tertiary/aromatic N) is 2. The van der Waals surface area contributed by atoms with E-state index in [1.807, 2.05) is 12.1 Å². The number of pyridine rings is 2. The van der Waals surface area contributed by atoms with E-state index in [1.54, 1.807) is 19.4 Å². The average Bonchev–Trinajstić information content (AvgIpc) is 2.30. The molecule has 0 saturated heterocycles. The van der Waals surface area contributed by atoms with Gasteiger partial charge in [-0.1, -0.05) is 0 Å². The number of ether oxygens (including phenoxy) is 2. The fourth-order valence-electron chi connectivity index (χ4n) is 1.29. The molecule has 0 aliphatic carbocycles. The van der Waals surface area contributed by atoms with Crippen LogP contribution in [0.4, 0.5) is 0 Å². The van der Waals surface area contributed by atoms with Crippen LogP contribution in [0.3, 0.4) is 0 Å². The van der Waals surface area contributed by atoms with Gasteiger partial charge in [0.1, 0.15) is 12.1 Å². The van der Waals surface area contributed by atoms with Crippen LogP contribution in [0.15, 0.2) is 28.9 Å². The molecule has 16 heavy (non-hydrogen) atoms. The molecular formula is C11H11BrN2O2. The zero-order valence-corrected chi connectivity index (χ0v) is 10.4. The number of aromatic nitrogens is 2. The Morgan fingerprint density at radius 1 is 1.25 bits per heavy atom. The van der Waals surface area contributed by atoms with Crippen LogP contribution in [0.1, 0.15) is 0 Å². The van der Waals surface area contributed by atoms with E-state index in [4.69, 9.17) is 9.47 Å². The van der Waals surface area contributed by atoms with Crippen molar-refractivity contribution >= 4 is 27.0 Å². The SMILES string of the molecule is COCCOc1ccc2nccc(Br)c2n1. The smallest absolute Gasteiger partial charge is 0.214 e. The second kappa shape index (κ2) is 5.23. The third-order valence-corrected chi connectivity index (χ3v) is 2.69. The van der Waals surface area contributed by atoms with Gasteiger partial charge < -0.3 is 9.47 Å². The average molecular weight is 283 g/mol. The van der Waals surface area contributed by atoms with Crippen LogP contribution >= 0.6 is 15.9 Å². The topological polar surface area (TPSA) is 44.2 Å². The Labute approximate surface area is 102 Å². The minimum absolute atomic E-state index is 0.493. The molecule has 2 heterocycles. The number of methoxy groups -OCH3 is 1. The van der Waals surface area contributed by atoms with Crippen LogP contribution in [-0.4, -0.2) is 30.3 Å². The van der Waals surface area contributed by atoms with Gasteiger partial charge in [-0.3, -0.25) is 4.98 Å². The Bertz CT molecular complexity index is 490. The van der Waals surface area contributed by atoms with E-state index in [2.05, 4.69) is 25.9 Å². The highest BCUT2D eigenvalue weighted by Crippen LogP contribution is 2.22. The van der Waals surface area contributed by atoms with Gasteiger partial charge in [0.15, 0.2) is 0 Å². The molecule has 0 spiro atoms. The van der Waals surface area contributed by atoms with Gasteiger partial charge in [-0.05, 0) is 28.1 Å².